The summed E-state index contributed by atoms with van der Waals surface area (Å²) in [4.78, 5) is 14.3. The first kappa shape index (κ1) is 15.6. The Morgan fingerprint density at radius 3 is 2.79 bits per heavy atom. The van der Waals surface area contributed by atoms with E-state index < -0.39 is 11.7 Å². The Balaban J connectivity index is 1.70. The van der Waals surface area contributed by atoms with Crippen LogP contribution in [0.5, 0.6) is 0 Å². The molecule has 24 heavy (non-hydrogen) atoms. The fraction of sp³-hybridized carbons (Fsp3) is 0.400. The molecule has 2 aromatic rings. The van der Waals surface area contributed by atoms with Gasteiger partial charge in [-0.05, 0) is 23.2 Å². The fourth-order valence-electron chi connectivity index (χ4n) is 3.03. The van der Waals surface area contributed by atoms with E-state index in [4.69, 9.17) is 16.3 Å². The molecule has 0 bridgehead atoms. The van der Waals surface area contributed by atoms with Gasteiger partial charge in [-0.2, -0.15) is 13.2 Å². The lowest BCUT2D eigenvalue weighted by Crippen LogP contribution is -2.33. The van der Waals surface area contributed by atoms with Gasteiger partial charge in [0.15, 0.2) is 0 Å². The van der Waals surface area contributed by atoms with Crippen LogP contribution in [0.2, 0.25) is 5.28 Å². The number of hydrogen-bond donors (Lipinski definition) is 0. The van der Waals surface area contributed by atoms with Crippen molar-refractivity contribution in [2.75, 3.05) is 11.4 Å². The van der Waals surface area contributed by atoms with Gasteiger partial charge in [0.2, 0.25) is 5.28 Å². The van der Waals surface area contributed by atoms with Crippen molar-refractivity contribution in [1.29, 1.82) is 0 Å². The number of fused-ring (bicyclic) bond motifs is 2. The summed E-state index contributed by atoms with van der Waals surface area (Å²) in [5.41, 5.74) is 2.09. The highest BCUT2D eigenvalue weighted by Gasteiger charge is 2.33. The summed E-state index contributed by atoms with van der Waals surface area (Å²) in [6.45, 7) is 1.65. The summed E-state index contributed by atoms with van der Waals surface area (Å²) >= 11 is 5.97. The number of alkyl halides is 3. The Hall–Kier alpha value is -1.93. The van der Waals surface area contributed by atoms with Crippen molar-refractivity contribution in [1.82, 2.24) is 15.0 Å². The molecule has 0 aromatic carbocycles. The second kappa shape index (κ2) is 5.56. The van der Waals surface area contributed by atoms with E-state index in [2.05, 4.69) is 15.0 Å². The van der Waals surface area contributed by atoms with Crippen molar-refractivity contribution < 1.29 is 17.9 Å². The van der Waals surface area contributed by atoms with Gasteiger partial charge in [-0.15, -0.1) is 0 Å². The zero-order valence-electron chi connectivity index (χ0n) is 12.4. The monoisotopic (exact) mass is 356 g/mol. The number of anilines is 1. The molecule has 2 aliphatic heterocycles. The molecule has 4 rings (SSSR count). The number of nitrogens with zero attached hydrogens (tertiary/aromatic N) is 4. The number of ether oxygens (including phenoxy) is 1. The van der Waals surface area contributed by atoms with E-state index in [0.29, 0.717) is 49.8 Å². The molecular formula is C15H12ClF3N4O. The van der Waals surface area contributed by atoms with Gasteiger partial charge < -0.3 is 9.64 Å². The van der Waals surface area contributed by atoms with Crippen LogP contribution < -0.4 is 4.90 Å². The standard InChI is InChI=1S/C15H12ClF3N4O/c16-14-21-12-7-24-6-10(12)13(22-14)23-2-1-11-8(5-23)3-9(4-20-11)15(17,18)19/h3-4H,1-2,5-7H2. The Bertz CT molecular complexity index is 812. The lowest BCUT2D eigenvalue weighted by Gasteiger charge is -2.30. The summed E-state index contributed by atoms with van der Waals surface area (Å²) in [5.74, 6) is 0.630. The minimum Gasteiger partial charge on any atom is -0.370 e. The molecule has 0 atom stereocenters. The molecule has 0 saturated carbocycles. The van der Waals surface area contributed by atoms with E-state index in [0.717, 1.165) is 23.5 Å². The second-order valence-corrected chi connectivity index (χ2v) is 6.07. The van der Waals surface area contributed by atoms with Crippen molar-refractivity contribution in [3.8, 4) is 0 Å². The zero-order valence-corrected chi connectivity index (χ0v) is 13.2. The van der Waals surface area contributed by atoms with Gasteiger partial charge in [0.25, 0.3) is 0 Å². The first-order chi connectivity index (χ1) is 11.4. The van der Waals surface area contributed by atoms with Gasteiger partial charge in [0.1, 0.15) is 5.82 Å². The number of pyridine rings is 1. The number of halogens is 4. The molecule has 0 saturated heterocycles. The SMILES string of the molecule is FC(F)(F)c1cnc2c(c1)CN(c1nc(Cl)nc3c1COC3)CC2. The van der Waals surface area contributed by atoms with Crippen LogP contribution >= 0.6 is 11.6 Å². The van der Waals surface area contributed by atoms with Crippen molar-refractivity contribution in [2.24, 2.45) is 0 Å². The lowest BCUT2D eigenvalue weighted by molar-refractivity contribution is -0.137. The minimum atomic E-state index is -4.41. The molecule has 0 aliphatic carbocycles. The molecule has 0 N–H and O–H groups in total. The smallest absolute Gasteiger partial charge is 0.370 e. The molecule has 0 radical (unpaired) electrons. The quantitative estimate of drug-likeness (QED) is 0.735. The first-order valence-electron chi connectivity index (χ1n) is 7.35. The molecule has 5 nitrogen and oxygen atoms in total. The van der Waals surface area contributed by atoms with Crippen LogP contribution in [0.1, 0.15) is 28.1 Å². The van der Waals surface area contributed by atoms with Gasteiger partial charge in [-0.25, -0.2) is 9.97 Å². The maximum absolute atomic E-state index is 12.9. The van der Waals surface area contributed by atoms with Gasteiger partial charge in [-0.1, -0.05) is 0 Å². The molecule has 0 amide bonds. The fourth-order valence-corrected chi connectivity index (χ4v) is 3.21. The van der Waals surface area contributed by atoms with E-state index in [1.807, 2.05) is 4.90 Å². The Kier molecular flexibility index (Phi) is 3.61. The molecule has 126 valence electrons. The van der Waals surface area contributed by atoms with Crippen LogP contribution in [0.3, 0.4) is 0 Å². The largest absolute Gasteiger partial charge is 0.417 e. The number of aromatic nitrogens is 3. The van der Waals surface area contributed by atoms with Crippen molar-refractivity contribution in [2.45, 2.75) is 32.4 Å². The van der Waals surface area contributed by atoms with E-state index in [-0.39, 0.29) is 5.28 Å². The normalized spacial score (nSPS) is 16.9. The lowest BCUT2D eigenvalue weighted by atomic mass is 10.0. The van der Waals surface area contributed by atoms with Crippen LogP contribution in [0, 0.1) is 0 Å². The molecule has 9 heteroatoms. The third-order valence-electron chi connectivity index (χ3n) is 4.20. The van der Waals surface area contributed by atoms with Crippen molar-refractivity contribution in [3.05, 3.63) is 45.6 Å². The van der Waals surface area contributed by atoms with Gasteiger partial charge in [0, 0.05) is 37.0 Å². The number of rotatable bonds is 1. The average Bonchev–Trinajstić information content (AvgIpc) is 3.00. The highest BCUT2D eigenvalue weighted by atomic mass is 35.5. The van der Waals surface area contributed by atoms with Crippen molar-refractivity contribution >= 4 is 17.4 Å². The van der Waals surface area contributed by atoms with Crippen LogP contribution in [-0.2, 0) is 37.1 Å². The van der Waals surface area contributed by atoms with Gasteiger partial charge in [-0.3, -0.25) is 4.98 Å². The van der Waals surface area contributed by atoms with E-state index in [1.54, 1.807) is 0 Å². The second-order valence-electron chi connectivity index (χ2n) is 5.73. The summed E-state index contributed by atoms with van der Waals surface area (Å²) in [6, 6.07) is 1.16. The van der Waals surface area contributed by atoms with Gasteiger partial charge in [0.05, 0.1) is 24.5 Å². The Morgan fingerprint density at radius 1 is 1.17 bits per heavy atom. The molecule has 0 unspecified atom stereocenters. The topological polar surface area (TPSA) is 51.1 Å². The average molecular weight is 357 g/mol. The Morgan fingerprint density at radius 2 is 2.00 bits per heavy atom. The van der Waals surface area contributed by atoms with Crippen LogP contribution in [0.4, 0.5) is 19.0 Å². The summed E-state index contributed by atoms with van der Waals surface area (Å²) in [6.07, 6.45) is -2.97. The zero-order chi connectivity index (χ0) is 16.9. The predicted molar refractivity (Wildman–Crippen MR) is 79.5 cm³/mol. The predicted octanol–water partition coefficient (Wildman–Crippen LogP) is 3.14. The molecule has 0 fully saturated rings. The molecule has 2 aliphatic rings. The molecule has 2 aromatic heterocycles. The van der Waals surface area contributed by atoms with Crippen LogP contribution in [-0.4, -0.2) is 21.5 Å². The summed E-state index contributed by atoms with van der Waals surface area (Å²) < 4.78 is 44.1. The first-order valence-corrected chi connectivity index (χ1v) is 7.72. The van der Waals surface area contributed by atoms with Crippen molar-refractivity contribution in [3.63, 3.8) is 0 Å². The van der Waals surface area contributed by atoms with Crippen LogP contribution in [0.25, 0.3) is 0 Å². The van der Waals surface area contributed by atoms with E-state index in [1.165, 1.54) is 0 Å². The number of hydrogen-bond acceptors (Lipinski definition) is 5. The molecule has 0 spiro atoms. The van der Waals surface area contributed by atoms with Gasteiger partial charge >= 0.3 is 6.18 Å². The van der Waals surface area contributed by atoms with Crippen LogP contribution in [0.15, 0.2) is 12.3 Å². The third-order valence-corrected chi connectivity index (χ3v) is 4.36. The van der Waals surface area contributed by atoms with E-state index >= 15 is 0 Å². The minimum absolute atomic E-state index is 0.113. The highest BCUT2D eigenvalue weighted by molar-refractivity contribution is 6.28. The van der Waals surface area contributed by atoms with E-state index in [9.17, 15) is 13.2 Å². The maximum Gasteiger partial charge on any atom is 0.417 e. The summed E-state index contributed by atoms with van der Waals surface area (Å²) in [7, 11) is 0. The Labute approximate surface area is 140 Å². The molecular weight excluding hydrogens is 345 g/mol. The summed E-state index contributed by atoms with van der Waals surface area (Å²) in [5, 5.41) is 0.113. The third kappa shape index (κ3) is 2.69. The molecule has 4 heterocycles. The highest BCUT2D eigenvalue weighted by Crippen LogP contribution is 2.34. The maximum atomic E-state index is 12.9.